The lowest BCUT2D eigenvalue weighted by Gasteiger charge is -2.08. The second-order valence-corrected chi connectivity index (χ2v) is 4.34. The van der Waals surface area contributed by atoms with Crippen molar-refractivity contribution in [3.63, 3.8) is 0 Å². The maximum Gasteiger partial charge on any atom is 0.138 e. The number of hydrogen-bond donors (Lipinski definition) is 1. The molecule has 16 heavy (non-hydrogen) atoms. The molecule has 0 atom stereocenters. The molecule has 0 fully saturated rings. The van der Waals surface area contributed by atoms with Gasteiger partial charge in [-0.1, -0.05) is 11.6 Å². The number of fused-ring (bicyclic) bond motifs is 1. The molecule has 4 heteroatoms. The first-order chi connectivity index (χ1) is 7.70. The predicted molar refractivity (Wildman–Crippen MR) is 63.0 cm³/mol. The summed E-state index contributed by atoms with van der Waals surface area (Å²) in [6.07, 6.45) is 1.63. The van der Waals surface area contributed by atoms with Gasteiger partial charge in [-0.25, -0.2) is 0 Å². The van der Waals surface area contributed by atoms with E-state index in [2.05, 4.69) is 0 Å². The molecule has 0 radical (unpaired) electrons. The Bertz CT molecular complexity index is 418. The predicted octanol–water partition coefficient (Wildman–Crippen LogP) is 1.74. The molecule has 1 heterocycles. The van der Waals surface area contributed by atoms with E-state index in [4.69, 9.17) is 22.1 Å². The highest BCUT2D eigenvalue weighted by Crippen LogP contribution is 2.33. The average Bonchev–Trinajstić information content (AvgIpc) is 2.65. The van der Waals surface area contributed by atoms with Crippen LogP contribution in [0.1, 0.15) is 17.5 Å². The molecule has 0 aromatic heterocycles. The molecule has 1 aromatic carbocycles. The van der Waals surface area contributed by atoms with Gasteiger partial charge in [0.25, 0.3) is 0 Å². The number of carbonyl (C=O) groups is 1. The van der Waals surface area contributed by atoms with E-state index >= 15 is 0 Å². The summed E-state index contributed by atoms with van der Waals surface area (Å²) in [4.78, 5) is 11.5. The number of halogens is 1. The largest absolute Gasteiger partial charge is 0.493 e. The topological polar surface area (TPSA) is 52.3 Å². The van der Waals surface area contributed by atoms with Crippen molar-refractivity contribution in [3.05, 3.63) is 28.3 Å². The molecule has 86 valence electrons. The van der Waals surface area contributed by atoms with Crippen molar-refractivity contribution in [2.24, 2.45) is 5.73 Å². The van der Waals surface area contributed by atoms with Gasteiger partial charge in [0.1, 0.15) is 11.5 Å². The van der Waals surface area contributed by atoms with Crippen LogP contribution in [0.4, 0.5) is 0 Å². The monoisotopic (exact) mass is 239 g/mol. The quantitative estimate of drug-likeness (QED) is 0.871. The summed E-state index contributed by atoms with van der Waals surface area (Å²) >= 11 is 6.00. The number of benzene rings is 1. The zero-order valence-corrected chi connectivity index (χ0v) is 9.72. The van der Waals surface area contributed by atoms with Gasteiger partial charge in [0.05, 0.1) is 6.61 Å². The molecular weight excluding hydrogens is 226 g/mol. The minimum Gasteiger partial charge on any atom is -0.493 e. The van der Waals surface area contributed by atoms with Crippen molar-refractivity contribution in [3.8, 4) is 5.75 Å². The molecular formula is C12H14ClNO2. The fourth-order valence-corrected chi connectivity index (χ4v) is 2.20. The number of Topliss-reactive ketones (excluding diaryl/α,β-unsaturated/α-hetero) is 1. The van der Waals surface area contributed by atoms with Crippen LogP contribution in [0.2, 0.25) is 5.02 Å². The summed E-state index contributed by atoms with van der Waals surface area (Å²) in [5, 5.41) is 0.666. The minimum absolute atomic E-state index is 0.127. The second-order valence-electron chi connectivity index (χ2n) is 3.91. The second kappa shape index (κ2) is 4.85. The number of ether oxygens (including phenoxy) is 1. The normalized spacial score (nSPS) is 13.4. The third kappa shape index (κ3) is 2.36. The van der Waals surface area contributed by atoms with Crippen molar-refractivity contribution >= 4 is 17.4 Å². The Labute approximate surface area is 99.5 Å². The number of carbonyl (C=O) groups excluding carboxylic acids is 1. The van der Waals surface area contributed by atoms with Gasteiger partial charge in [-0.15, -0.1) is 0 Å². The van der Waals surface area contributed by atoms with Gasteiger partial charge >= 0.3 is 0 Å². The number of hydrogen-bond acceptors (Lipinski definition) is 3. The molecule has 0 bridgehead atoms. The molecule has 0 amide bonds. The highest BCUT2D eigenvalue weighted by Gasteiger charge is 2.18. The zero-order valence-electron chi connectivity index (χ0n) is 8.96. The van der Waals surface area contributed by atoms with Crippen LogP contribution in [0.5, 0.6) is 5.75 Å². The van der Waals surface area contributed by atoms with E-state index in [1.165, 1.54) is 0 Å². The van der Waals surface area contributed by atoms with Gasteiger partial charge in [0.15, 0.2) is 0 Å². The third-order valence-corrected chi connectivity index (χ3v) is 2.85. The fourth-order valence-electron chi connectivity index (χ4n) is 1.94. The molecule has 0 saturated carbocycles. The van der Waals surface area contributed by atoms with E-state index in [0.717, 1.165) is 23.3 Å². The van der Waals surface area contributed by atoms with E-state index in [1.807, 2.05) is 6.07 Å². The fraction of sp³-hybridized carbons (Fsp3) is 0.417. The zero-order chi connectivity index (χ0) is 11.5. The molecule has 3 nitrogen and oxygen atoms in total. The van der Waals surface area contributed by atoms with Crippen molar-refractivity contribution in [1.29, 1.82) is 0 Å². The summed E-state index contributed by atoms with van der Waals surface area (Å²) in [6, 6.07) is 3.71. The summed E-state index contributed by atoms with van der Waals surface area (Å²) in [6.45, 7) is 1.07. The molecule has 2 N–H and O–H groups in total. The smallest absolute Gasteiger partial charge is 0.138 e. The van der Waals surface area contributed by atoms with Crippen LogP contribution >= 0.6 is 11.6 Å². The molecule has 0 aliphatic carbocycles. The first-order valence-corrected chi connectivity index (χ1v) is 5.74. The van der Waals surface area contributed by atoms with E-state index < -0.39 is 0 Å². The van der Waals surface area contributed by atoms with Crippen molar-refractivity contribution in [2.75, 3.05) is 13.2 Å². The molecule has 1 aromatic rings. The van der Waals surface area contributed by atoms with Crippen molar-refractivity contribution in [1.82, 2.24) is 0 Å². The lowest BCUT2D eigenvalue weighted by atomic mass is 10.0. The third-order valence-electron chi connectivity index (χ3n) is 2.64. The van der Waals surface area contributed by atoms with Gasteiger partial charge in [-0.2, -0.15) is 0 Å². The first-order valence-electron chi connectivity index (χ1n) is 5.36. The van der Waals surface area contributed by atoms with Gasteiger partial charge in [0.2, 0.25) is 0 Å². The molecule has 0 saturated heterocycles. The van der Waals surface area contributed by atoms with Crippen LogP contribution in [0.15, 0.2) is 12.1 Å². The molecule has 0 unspecified atom stereocenters. The van der Waals surface area contributed by atoms with Crippen LogP contribution in [0, 0.1) is 0 Å². The van der Waals surface area contributed by atoms with Gasteiger partial charge in [-0.3, -0.25) is 4.79 Å². The Morgan fingerprint density at radius 1 is 1.50 bits per heavy atom. The lowest BCUT2D eigenvalue weighted by Crippen LogP contribution is -2.10. The first kappa shape index (κ1) is 11.4. The van der Waals surface area contributed by atoms with E-state index in [0.29, 0.717) is 31.0 Å². The van der Waals surface area contributed by atoms with E-state index in [1.54, 1.807) is 6.07 Å². The van der Waals surface area contributed by atoms with Crippen molar-refractivity contribution < 1.29 is 9.53 Å². The number of ketones is 1. The van der Waals surface area contributed by atoms with Crippen LogP contribution in [0.25, 0.3) is 0 Å². The Morgan fingerprint density at radius 2 is 2.31 bits per heavy atom. The Morgan fingerprint density at radius 3 is 3.06 bits per heavy atom. The Balaban J connectivity index is 2.23. The van der Waals surface area contributed by atoms with Crippen molar-refractivity contribution in [2.45, 2.75) is 19.3 Å². The highest BCUT2D eigenvalue weighted by atomic mass is 35.5. The van der Waals surface area contributed by atoms with Gasteiger partial charge in [0, 0.05) is 29.8 Å². The summed E-state index contributed by atoms with van der Waals surface area (Å²) in [5.41, 5.74) is 7.34. The molecule has 1 aliphatic heterocycles. The van der Waals surface area contributed by atoms with Crippen LogP contribution in [-0.2, 0) is 17.6 Å². The average molecular weight is 240 g/mol. The van der Waals surface area contributed by atoms with E-state index in [9.17, 15) is 4.79 Å². The van der Waals surface area contributed by atoms with Gasteiger partial charge < -0.3 is 10.5 Å². The molecule has 1 aliphatic rings. The van der Waals surface area contributed by atoms with Crippen LogP contribution in [-0.4, -0.2) is 18.9 Å². The number of rotatable bonds is 4. The standard InChI is InChI=1S/C12H14ClNO2/c13-10-5-8-2-4-16-12(8)9(6-10)7-11(15)1-3-14/h5-6H,1-4,7,14H2. The Kier molecular flexibility index (Phi) is 3.46. The number of nitrogens with two attached hydrogens (primary N) is 1. The maximum absolute atomic E-state index is 11.5. The van der Waals surface area contributed by atoms with Crippen LogP contribution < -0.4 is 10.5 Å². The van der Waals surface area contributed by atoms with Gasteiger partial charge in [-0.05, 0) is 24.2 Å². The van der Waals surface area contributed by atoms with Crippen LogP contribution in [0.3, 0.4) is 0 Å². The maximum atomic E-state index is 11.5. The summed E-state index contributed by atoms with van der Waals surface area (Å²) in [5.74, 6) is 0.970. The highest BCUT2D eigenvalue weighted by molar-refractivity contribution is 6.30. The summed E-state index contributed by atoms with van der Waals surface area (Å²) < 4.78 is 5.52. The molecule has 0 spiro atoms. The SMILES string of the molecule is NCCC(=O)Cc1cc(Cl)cc2c1OCC2. The minimum atomic E-state index is 0.127. The Hall–Kier alpha value is -1.06. The molecule has 2 rings (SSSR count). The lowest BCUT2D eigenvalue weighted by molar-refractivity contribution is -0.118. The van der Waals surface area contributed by atoms with E-state index in [-0.39, 0.29) is 5.78 Å². The summed E-state index contributed by atoms with van der Waals surface area (Å²) in [7, 11) is 0.